The molecule has 11 nitrogen and oxygen atoms in total. The Hall–Kier alpha value is -3.56. The van der Waals surface area contributed by atoms with Crippen LogP contribution < -0.4 is 9.46 Å². The quantitative estimate of drug-likeness (QED) is 0.325. The van der Waals surface area contributed by atoms with E-state index in [-0.39, 0.29) is 52.6 Å². The number of hydrogen-bond donors (Lipinski definition) is 2. The Morgan fingerprint density at radius 3 is 2.35 bits per heavy atom. The van der Waals surface area contributed by atoms with Crippen LogP contribution in [0.1, 0.15) is 50.4 Å². The van der Waals surface area contributed by atoms with Crippen molar-refractivity contribution in [1.82, 2.24) is 9.21 Å². The number of nitrogens with zero attached hydrogens (tertiary/aromatic N) is 2. The van der Waals surface area contributed by atoms with Crippen LogP contribution in [-0.2, 0) is 24.8 Å². The number of aliphatic hydroxyl groups excluding tert-OH is 1. The van der Waals surface area contributed by atoms with Gasteiger partial charge in [-0.05, 0) is 87.7 Å². The van der Waals surface area contributed by atoms with Gasteiger partial charge in [0.05, 0.1) is 40.2 Å². The number of carbonyl (C=O) groups excluding carboxylic acids is 1. The number of rotatable bonds is 9. The Balaban J connectivity index is 1.67. The van der Waals surface area contributed by atoms with Gasteiger partial charge in [-0.25, -0.2) is 21.2 Å². The first-order valence-electron chi connectivity index (χ1n) is 15.9. The van der Waals surface area contributed by atoms with Gasteiger partial charge >= 0.3 is 0 Å². The van der Waals surface area contributed by atoms with E-state index >= 15 is 0 Å². The minimum atomic E-state index is -3.98. The van der Waals surface area contributed by atoms with Crippen LogP contribution in [0.25, 0.3) is 0 Å². The Bertz CT molecular complexity index is 1740. The summed E-state index contributed by atoms with van der Waals surface area (Å²) in [6, 6.07) is 16.3. The standard InChI is InChI=1S/C34H44FN3O8S2/c1-24-21-38(25(2)23-39)34(40)31-20-28(36-47(41,42)29-11-6-5-7-12-29)15-18-32(31)46-26(3)10-8-9-19-45-33(24)22-37(4)48(43,44)30-16-13-27(35)14-17-30/h5-7,11-18,20,24-26,33,36,39H,8-10,19,21-23H2,1-4H3/t24-,25-,26-,33-/m1/s1. The average molecular weight is 706 g/mol. The van der Waals surface area contributed by atoms with Crippen molar-refractivity contribution in [3.8, 4) is 5.75 Å². The smallest absolute Gasteiger partial charge is 0.261 e. The van der Waals surface area contributed by atoms with Crippen LogP contribution in [0.4, 0.5) is 10.1 Å². The number of likely N-dealkylation sites (N-methyl/N-ethyl adjacent to an activating group) is 1. The van der Waals surface area contributed by atoms with Crippen molar-refractivity contribution in [2.45, 2.75) is 68.1 Å². The fourth-order valence-electron chi connectivity index (χ4n) is 5.40. The van der Waals surface area contributed by atoms with Crippen LogP contribution in [0, 0.1) is 11.7 Å². The van der Waals surface area contributed by atoms with E-state index in [1.54, 1.807) is 31.2 Å². The highest BCUT2D eigenvalue weighted by Crippen LogP contribution is 2.30. The molecule has 0 aliphatic carbocycles. The summed E-state index contributed by atoms with van der Waals surface area (Å²) < 4.78 is 82.5. The highest BCUT2D eigenvalue weighted by atomic mass is 32.2. The highest BCUT2D eigenvalue weighted by molar-refractivity contribution is 7.92. The topological polar surface area (TPSA) is 143 Å². The number of fused-ring (bicyclic) bond motifs is 1. The fourth-order valence-corrected chi connectivity index (χ4v) is 7.65. The minimum absolute atomic E-state index is 0.0437. The monoisotopic (exact) mass is 705 g/mol. The van der Waals surface area contributed by atoms with Gasteiger partial charge in [-0.2, -0.15) is 4.31 Å². The summed E-state index contributed by atoms with van der Waals surface area (Å²) in [7, 11) is -6.51. The number of carbonyl (C=O) groups is 1. The van der Waals surface area contributed by atoms with Gasteiger partial charge < -0.3 is 19.5 Å². The third-order valence-corrected chi connectivity index (χ3v) is 11.6. The zero-order valence-corrected chi connectivity index (χ0v) is 29.2. The molecule has 1 aliphatic rings. The van der Waals surface area contributed by atoms with Crippen LogP contribution in [-0.4, -0.2) is 88.7 Å². The molecule has 4 atom stereocenters. The van der Waals surface area contributed by atoms with Gasteiger partial charge in [0.25, 0.3) is 15.9 Å². The summed E-state index contributed by atoms with van der Waals surface area (Å²) in [5.74, 6) is -1.20. The maximum Gasteiger partial charge on any atom is 0.261 e. The third-order valence-electron chi connectivity index (χ3n) is 8.32. The van der Waals surface area contributed by atoms with E-state index in [0.717, 1.165) is 22.9 Å². The van der Waals surface area contributed by atoms with E-state index in [1.807, 2.05) is 13.8 Å². The lowest BCUT2D eigenvalue weighted by atomic mass is 10.0. The van der Waals surface area contributed by atoms with Gasteiger partial charge in [0.2, 0.25) is 10.0 Å². The predicted octanol–water partition coefficient (Wildman–Crippen LogP) is 4.74. The molecule has 14 heteroatoms. The second kappa shape index (κ2) is 16.2. The number of ether oxygens (including phenoxy) is 2. The van der Waals surface area contributed by atoms with Crippen LogP contribution in [0.3, 0.4) is 0 Å². The summed E-state index contributed by atoms with van der Waals surface area (Å²) in [5, 5.41) is 10.2. The van der Waals surface area contributed by atoms with Gasteiger partial charge in [0, 0.05) is 38.3 Å². The molecule has 0 spiro atoms. The first-order chi connectivity index (χ1) is 22.7. The molecule has 0 unspecified atom stereocenters. The SMILES string of the molecule is C[C@@H]1CCCCO[C@H](CN(C)S(=O)(=O)c2ccc(F)cc2)[C@H](C)CN([C@H](C)CO)C(=O)c2cc(NS(=O)(=O)c3ccccc3)ccc2O1. The van der Waals surface area contributed by atoms with Crippen molar-refractivity contribution < 1.29 is 40.6 Å². The van der Waals surface area contributed by atoms with E-state index in [9.17, 15) is 31.1 Å². The number of nitrogens with one attached hydrogen (secondary N) is 1. The average Bonchev–Trinajstić information content (AvgIpc) is 3.06. The normalized spacial score (nSPS) is 20.8. The van der Waals surface area contributed by atoms with Crippen LogP contribution in [0.2, 0.25) is 0 Å². The van der Waals surface area contributed by atoms with Crippen LogP contribution in [0.5, 0.6) is 5.75 Å². The molecule has 3 aromatic carbocycles. The van der Waals surface area contributed by atoms with Gasteiger partial charge in [0.15, 0.2) is 0 Å². The third kappa shape index (κ3) is 9.32. The first-order valence-corrected chi connectivity index (χ1v) is 18.8. The van der Waals surface area contributed by atoms with E-state index in [0.29, 0.717) is 19.4 Å². The van der Waals surface area contributed by atoms with Crippen molar-refractivity contribution in [1.29, 1.82) is 0 Å². The molecule has 1 amide bonds. The Kier molecular flexibility index (Phi) is 12.6. The molecular weight excluding hydrogens is 662 g/mol. The molecule has 1 aliphatic heterocycles. The number of hydrogen-bond acceptors (Lipinski definition) is 8. The number of halogens is 1. The molecule has 48 heavy (non-hydrogen) atoms. The number of aliphatic hydroxyl groups is 1. The van der Waals surface area contributed by atoms with Gasteiger partial charge in [0.1, 0.15) is 11.6 Å². The van der Waals surface area contributed by atoms with Crippen molar-refractivity contribution in [2.24, 2.45) is 5.92 Å². The summed E-state index contributed by atoms with van der Waals surface area (Å²) in [5.41, 5.74) is 0.259. The molecule has 0 radical (unpaired) electrons. The molecule has 0 aromatic heterocycles. The highest BCUT2D eigenvalue weighted by Gasteiger charge is 2.32. The lowest BCUT2D eigenvalue weighted by Gasteiger charge is -2.35. The van der Waals surface area contributed by atoms with Crippen molar-refractivity contribution in [3.05, 3.63) is 84.2 Å². The molecule has 0 bridgehead atoms. The number of anilines is 1. The first kappa shape index (κ1) is 37.3. The van der Waals surface area contributed by atoms with Crippen LogP contribution in [0.15, 0.2) is 82.6 Å². The minimum Gasteiger partial charge on any atom is -0.490 e. The molecular formula is C34H44FN3O8S2. The van der Waals surface area contributed by atoms with Gasteiger partial charge in [-0.3, -0.25) is 9.52 Å². The molecule has 4 rings (SSSR count). The number of benzene rings is 3. The van der Waals surface area contributed by atoms with E-state index < -0.39 is 49.8 Å². The Labute approximate surface area is 282 Å². The second-order valence-electron chi connectivity index (χ2n) is 12.2. The zero-order valence-electron chi connectivity index (χ0n) is 27.6. The van der Waals surface area contributed by atoms with Crippen molar-refractivity contribution in [2.75, 3.05) is 38.1 Å². The summed E-state index contributed by atoms with van der Waals surface area (Å²) in [4.78, 5) is 15.8. The Morgan fingerprint density at radius 1 is 1.00 bits per heavy atom. The van der Waals surface area contributed by atoms with E-state index in [2.05, 4.69) is 4.72 Å². The molecule has 2 N–H and O–H groups in total. The maximum absolute atomic E-state index is 14.3. The summed E-state index contributed by atoms with van der Waals surface area (Å²) in [6.45, 7) is 5.40. The maximum atomic E-state index is 14.3. The molecule has 0 fully saturated rings. The predicted molar refractivity (Wildman–Crippen MR) is 180 cm³/mol. The van der Waals surface area contributed by atoms with Crippen molar-refractivity contribution in [3.63, 3.8) is 0 Å². The Morgan fingerprint density at radius 2 is 1.69 bits per heavy atom. The lowest BCUT2D eigenvalue weighted by Crippen LogP contribution is -2.48. The number of sulfonamides is 2. The largest absolute Gasteiger partial charge is 0.490 e. The second-order valence-corrected chi connectivity index (χ2v) is 15.9. The van der Waals surface area contributed by atoms with E-state index in [4.69, 9.17) is 9.47 Å². The van der Waals surface area contributed by atoms with E-state index in [1.165, 1.54) is 48.3 Å². The molecule has 3 aromatic rings. The molecule has 0 saturated carbocycles. The number of amides is 1. The zero-order chi connectivity index (χ0) is 35.1. The van der Waals surface area contributed by atoms with Crippen molar-refractivity contribution >= 4 is 31.6 Å². The van der Waals surface area contributed by atoms with Crippen LogP contribution >= 0.6 is 0 Å². The lowest BCUT2D eigenvalue weighted by molar-refractivity contribution is -0.00834. The molecule has 1 heterocycles. The molecule has 262 valence electrons. The van der Waals surface area contributed by atoms with Gasteiger partial charge in [-0.1, -0.05) is 25.1 Å². The summed E-state index contributed by atoms with van der Waals surface area (Å²) in [6.07, 6.45) is 1.10. The summed E-state index contributed by atoms with van der Waals surface area (Å²) >= 11 is 0. The van der Waals surface area contributed by atoms with Gasteiger partial charge in [-0.15, -0.1) is 0 Å². The fraction of sp³-hybridized carbons (Fsp3) is 0.441. The molecule has 0 saturated heterocycles.